The van der Waals surface area contributed by atoms with Crippen LogP contribution in [0.5, 0.6) is 0 Å². The number of H-pyrrole nitrogens is 1. The van der Waals surface area contributed by atoms with Gasteiger partial charge in [0, 0.05) is 23.1 Å². The van der Waals surface area contributed by atoms with Gasteiger partial charge in [-0.3, -0.25) is 0 Å². The molecule has 2 N–H and O–H groups in total. The normalized spacial score (nSPS) is 21.0. The summed E-state index contributed by atoms with van der Waals surface area (Å²) in [5.41, 5.74) is 4.08. The van der Waals surface area contributed by atoms with Crippen LogP contribution in [0.3, 0.4) is 0 Å². The quantitative estimate of drug-likeness (QED) is 0.616. The van der Waals surface area contributed by atoms with E-state index in [2.05, 4.69) is 50.9 Å². The molecule has 1 aliphatic rings. The first kappa shape index (κ1) is 8.55. The van der Waals surface area contributed by atoms with Gasteiger partial charge in [0.15, 0.2) is 0 Å². The van der Waals surface area contributed by atoms with Gasteiger partial charge < -0.3 is 10.3 Å². The highest BCUT2D eigenvalue weighted by Crippen LogP contribution is 2.28. The third kappa shape index (κ3) is 1.14. The average molecular weight is 198 g/mol. The van der Waals surface area contributed by atoms with E-state index >= 15 is 0 Å². The number of hydrogen-bond donors (Lipinski definition) is 2. The summed E-state index contributed by atoms with van der Waals surface area (Å²) in [6.07, 6.45) is 0. The zero-order valence-electron chi connectivity index (χ0n) is 7.88. The van der Waals surface area contributed by atoms with Crippen molar-refractivity contribution in [1.29, 1.82) is 0 Å². The molecule has 3 rings (SSSR count). The van der Waals surface area contributed by atoms with Crippen LogP contribution in [-0.4, -0.2) is 27.8 Å². The number of aromatic amines is 1. The Morgan fingerprint density at radius 1 is 1.29 bits per heavy atom. The molecule has 1 atom stereocenters. The molecular weight excluding hydrogens is 187 g/mol. The van der Waals surface area contributed by atoms with Crippen molar-refractivity contribution in [2.45, 2.75) is 11.3 Å². The molecule has 1 unspecified atom stereocenters. The Balaban J connectivity index is 2.32. The minimum absolute atomic E-state index is 0.520. The van der Waals surface area contributed by atoms with Crippen LogP contribution in [0.15, 0.2) is 24.3 Å². The second kappa shape index (κ2) is 3.13. The van der Waals surface area contributed by atoms with Crippen LogP contribution >= 0.6 is 0 Å². The minimum Gasteiger partial charge on any atom is -0.359 e. The van der Waals surface area contributed by atoms with Gasteiger partial charge in [0.1, 0.15) is 16.3 Å². The summed E-state index contributed by atoms with van der Waals surface area (Å²) in [6.45, 7) is 2.04. The van der Waals surface area contributed by atoms with Crippen LogP contribution in [0.1, 0.15) is 16.0 Å². The van der Waals surface area contributed by atoms with E-state index in [1.165, 1.54) is 22.2 Å². The highest BCUT2D eigenvalue weighted by atomic mass is 27.0. The lowest BCUT2D eigenvalue weighted by atomic mass is 10.1. The first-order chi connectivity index (χ1) is 6.86. The molecule has 0 bridgehead atoms. The van der Waals surface area contributed by atoms with Crippen molar-refractivity contribution in [2.24, 2.45) is 0 Å². The Morgan fingerprint density at radius 3 is 3.07 bits per heavy atom. The van der Waals surface area contributed by atoms with E-state index in [9.17, 15) is 0 Å². The van der Waals surface area contributed by atoms with Crippen LogP contribution in [-0.2, 0) is 6.54 Å². The molecule has 0 spiro atoms. The van der Waals surface area contributed by atoms with Crippen molar-refractivity contribution in [1.82, 2.24) is 10.3 Å². The molecule has 14 heavy (non-hydrogen) atoms. The summed E-state index contributed by atoms with van der Waals surface area (Å²) in [5.74, 6) is 0. The molecule has 0 saturated carbocycles. The van der Waals surface area contributed by atoms with E-state index in [0.29, 0.717) is 4.78 Å². The highest BCUT2D eigenvalue weighted by Gasteiger charge is 2.18. The zero-order valence-corrected chi connectivity index (χ0v) is 9.03. The molecule has 2 heterocycles. The lowest BCUT2D eigenvalue weighted by molar-refractivity contribution is 0.626. The van der Waals surface area contributed by atoms with Gasteiger partial charge in [-0.25, -0.2) is 0 Å². The fourth-order valence-electron chi connectivity index (χ4n) is 2.18. The van der Waals surface area contributed by atoms with Crippen molar-refractivity contribution >= 4 is 27.2 Å². The SMILES string of the molecule is [Al][CH]1CNCc2c1[nH]c1ccccc21. The van der Waals surface area contributed by atoms with E-state index in [1.54, 1.807) is 0 Å². The first-order valence-electron chi connectivity index (χ1n) is 4.92. The van der Waals surface area contributed by atoms with E-state index in [0.717, 1.165) is 13.1 Å². The van der Waals surface area contributed by atoms with Gasteiger partial charge in [-0.2, -0.15) is 0 Å². The number of nitrogens with one attached hydrogen (secondary N) is 2. The molecule has 0 saturated heterocycles. The van der Waals surface area contributed by atoms with Crippen LogP contribution in [0, 0.1) is 0 Å². The topological polar surface area (TPSA) is 27.8 Å². The third-order valence-corrected chi connectivity index (χ3v) is 3.45. The van der Waals surface area contributed by atoms with E-state index < -0.39 is 0 Å². The van der Waals surface area contributed by atoms with E-state index in [4.69, 9.17) is 0 Å². The fraction of sp³-hybridized carbons (Fsp3) is 0.273. The Hall–Kier alpha value is -0.748. The highest BCUT2D eigenvalue weighted by molar-refractivity contribution is 6.13. The Labute approximate surface area is 91.1 Å². The summed E-state index contributed by atoms with van der Waals surface area (Å²) in [6, 6.07) is 8.51. The summed E-state index contributed by atoms with van der Waals surface area (Å²) in [4.78, 5) is 3.50. The predicted octanol–water partition coefficient (Wildman–Crippen LogP) is 1.48. The Kier molecular flexibility index (Phi) is 1.91. The molecule has 2 nitrogen and oxygen atoms in total. The number of rotatable bonds is 0. The van der Waals surface area contributed by atoms with Crippen molar-refractivity contribution < 1.29 is 0 Å². The monoisotopic (exact) mass is 198 g/mol. The molecule has 2 radical (unpaired) electrons. The molecule has 1 aromatic carbocycles. The zero-order chi connectivity index (χ0) is 9.54. The smallest absolute Gasteiger partial charge is 0.136 e. The van der Waals surface area contributed by atoms with Gasteiger partial charge in [-0.05, 0) is 18.2 Å². The van der Waals surface area contributed by atoms with Crippen molar-refractivity contribution in [3.63, 3.8) is 0 Å². The van der Waals surface area contributed by atoms with Crippen molar-refractivity contribution in [3.8, 4) is 0 Å². The van der Waals surface area contributed by atoms with Crippen LogP contribution < -0.4 is 5.32 Å². The minimum atomic E-state index is 0.520. The molecule has 0 amide bonds. The Bertz CT molecular complexity index is 475. The standard InChI is InChI=1S/C11H11N2.Al/c1-2-4-10-8(3-1)9-7-12-6-5-11(9)13-10;/h1-5,12-13H,6-7H2;. The number of benzene rings is 1. The molecule has 2 aromatic rings. The number of fused-ring (bicyclic) bond motifs is 3. The van der Waals surface area contributed by atoms with Gasteiger partial charge >= 0.3 is 0 Å². The fourth-order valence-corrected chi connectivity index (χ4v) is 2.63. The Morgan fingerprint density at radius 2 is 2.14 bits per heavy atom. The number of para-hydroxylation sites is 1. The second-order valence-corrected chi connectivity index (χ2v) is 4.60. The maximum absolute atomic E-state index is 3.50. The van der Waals surface area contributed by atoms with Crippen LogP contribution in [0.2, 0.25) is 0 Å². The largest absolute Gasteiger partial charge is 0.359 e. The maximum Gasteiger partial charge on any atom is 0.136 e. The summed E-state index contributed by atoms with van der Waals surface area (Å²) >= 11 is 2.89. The van der Waals surface area contributed by atoms with Crippen LogP contribution in [0.25, 0.3) is 10.9 Å². The summed E-state index contributed by atoms with van der Waals surface area (Å²) in [5, 5.41) is 4.79. The lowest BCUT2D eigenvalue weighted by Gasteiger charge is -2.20. The van der Waals surface area contributed by atoms with Crippen LogP contribution in [0.4, 0.5) is 0 Å². The molecular formula is C11H11AlN2. The second-order valence-electron chi connectivity index (χ2n) is 3.80. The number of hydrogen-bond acceptors (Lipinski definition) is 1. The third-order valence-electron chi connectivity index (χ3n) is 2.88. The molecule has 3 heteroatoms. The predicted molar refractivity (Wildman–Crippen MR) is 58.5 cm³/mol. The average Bonchev–Trinajstić information content (AvgIpc) is 2.59. The van der Waals surface area contributed by atoms with Gasteiger partial charge in [0.2, 0.25) is 0 Å². The number of aromatic nitrogens is 1. The van der Waals surface area contributed by atoms with Crippen molar-refractivity contribution in [2.75, 3.05) is 6.54 Å². The van der Waals surface area contributed by atoms with E-state index in [-0.39, 0.29) is 0 Å². The molecule has 68 valence electrons. The van der Waals surface area contributed by atoms with Gasteiger partial charge in [0.05, 0.1) is 0 Å². The van der Waals surface area contributed by atoms with Gasteiger partial charge in [-0.15, -0.1) is 0 Å². The first-order valence-corrected chi connectivity index (χ1v) is 5.58. The summed E-state index contributed by atoms with van der Waals surface area (Å²) < 4.78 is 0.520. The van der Waals surface area contributed by atoms with Crippen molar-refractivity contribution in [3.05, 3.63) is 35.5 Å². The molecule has 1 aromatic heterocycles. The molecule has 1 aliphatic heterocycles. The lowest BCUT2D eigenvalue weighted by Crippen LogP contribution is -2.27. The molecule has 0 aliphatic carbocycles. The summed E-state index contributed by atoms with van der Waals surface area (Å²) in [7, 11) is 0. The van der Waals surface area contributed by atoms with Gasteiger partial charge in [-0.1, -0.05) is 23.0 Å². The molecule has 0 fully saturated rings. The maximum atomic E-state index is 3.50. The van der Waals surface area contributed by atoms with E-state index in [1.807, 2.05) is 0 Å². The van der Waals surface area contributed by atoms with Gasteiger partial charge in [0.25, 0.3) is 0 Å².